The predicted octanol–water partition coefficient (Wildman–Crippen LogP) is 2.80. The Labute approximate surface area is 120 Å². The standard InChI is InChI=1S/C14H24ClN3O/c1-4-7-18-9-11(15)8-12(18)13(19)17-14(5-2,6-3)10-16/h8-9H,4-7,10,16H2,1-3H3,(H,17,19). The average molecular weight is 286 g/mol. The molecule has 0 aliphatic heterocycles. The van der Waals surface area contributed by atoms with Crippen LogP contribution in [0.4, 0.5) is 0 Å². The summed E-state index contributed by atoms with van der Waals surface area (Å²) in [7, 11) is 0. The maximum Gasteiger partial charge on any atom is 0.268 e. The molecule has 0 unspecified atom stereocenters. The maximum atomic E-state index is 12.4. The highest BCUT2D eigenvalue weighted by Crippen LogP contribution is 2.18. The second kappa shape index (κ2) is 6.96. The number of aromatic nitrogens is 1. The van der Waals surface area contributed by atoms with Gasteiger partial charge in [0.2, 0.25) is 0 Å². The van der Waals surface area contributed by atoms with E-state index in [0.29, 0.717) is 17.3 Å². The van der Waals surface area contributed by atoms with Crippen molar-refractivity contribution >= 4 is 17.5 Å². The van der Waals surface area contributed by atoms with Gasteiger partial charge in [-0.1, -0.05) is 32.4 Å². The van der Waals surface area contributed by atoms with Gasteiger partial charge in [0.05, 0.1) is 10.6 Å². The van der Waals surface area contributed by atoms with Crippen molar-refractivity contribution < 1.29 is 4.79 Å². The number of hydrogen-bond acceptors (Lipinski definition) is 2. The fourth-order valence-electron chi connectivity index (χ4n) is 2.16. The number of nitrogens with two attached hydrogens (primary N) is 1. The molecule has 19 heavy (non-hydrogen) atoms. The Morgan fingerprint density at radius 2 is 2.05 bits per heavy atom. The lowest BCUT2D eigenvalue weighted by atomic mass is 9.93. The monoisotopic (exact) mass is 285 g/mol. The summed E-state index contributed by atoms with van der Waals surface area (Å²) in [5, 5.41) is 3.65. The minimum atomic E-state index is -0.328. The van der Waals surface area contributed by atoms with E-state index in [4.69, 9.17) is 17.3 Å². The molecule has 1 rings (SSSR count). The van der Waals surface area contributed by atoms with E-state index in [9.17, 15) is 4.79 Å². The topological polar surface area (TPSA) is 60.0 Å². The number of nitrogens with one attached hydrogen (secondary N) is 1. The number of rotatable bonds is 7. The molecule has 108 valence electrons. The molecule has 0 aliphatic rings. The summed E-state index contributed by atoms with van der Waals surface area (Å²) in [6.45, 7) is 7.36. The van der Waals surface area contributed by atoms with Crippen LogP contribution in [0.5, 0.6) is 0 Å². The summed E-state index contributed by atoms with van der Waals surface area (Å²) in [6.07, 6.45) is 4.37. The molecule has 0 bridgehead atoms. The molecule has 0 atom stereocenters. The van der Waals surface area contributed by atoms with E-state index in [2.05, 4.69) is 12.2 Å². The van der Waals surface area contributed by atoms with Crippen LogP contribution in [0.1, 0.15) is 50.5 Å². The molecule has 5 heteroatoms. The van der Waals surface area contributed by atoms with E-state index >= 15 is 0 Å². The van der Waals surface area contributed by atoms with E-state index in [-0.39, 0.29) is 11.4 Å². The molecule has 0 saturated heterocycles. The number of amides is 1. The van der Waals surface area contributed by atoms with Crippen LogP contribution in [0.2, 0.25) is 5.02 Å². The molecule has 1 amide bonds. The normalized spacial score (nSPS) is 11.6. The summed E-state index contributed by atoms with van der Waals surface area (Å²) in [4.78, 5) is 12.4. The van der Waals surface area contributed by atoms with Crippen LogP contribution in [0.25, 0.3) is 0 Å². The summed E-state index contributed by atoms with van der Waals surface area (Å²) in [5.41, 5.74) is 6.08. The quantitative estimate of drug-likeness (QED) is 0.809. The Morgan fingerprint density at radius 1 is 1.42 bits per heavy atom. The summed E-state index contributed by atoms with van der Waals surface area (Å²) in [5.74, 6) is -0.102. The highest BCUT2D eigenvalue weighted by atomic mass is 35.5. The van der Waals surface area contributed by atoms with Crippen molar-refractivity contribution in [1.29, 1.82) is 0 Å². The number of nitrogens with zero attached hydrogens (tertiary/aromatic N) is 1. The van der Waals surface area contributed by atoms with Crippen LogP contribution < -0.4 is 11.1 Å². The van der Waals surface area contributed by atoms with E-state index in [0.717, 1.165) is 25.8 Å². The molecule has 0 saturated carbocycles. The van der Waals surface area contributed by atoms with Crippen LogP contribution in [0.15, 0.2) is 12.3 Å². The fourth-order valence-corrected chi connectivity index (χ4v) is 2.38. The third kappa shape index (κ3) is 3.74. The Kier molecular flexibility index (Phi) is 5.88. The summed E-state index contributed by atoms with van der Waals surface area (Å²) >= 11 is 5.99. The lowest BCUT2D eigenvalue weighted by molar-refractivity contribution is 0.0885. The number of carbonyl (C=O) groups is 1. The molecule has 0 radical (unpaired) electrons. The molecule has 0 aromatic carbocycles. The smallest absolute Gasteiger partial charge is 0.268 e. The highest BCUT2D eigenvalue weighted by molar-refractivity contribution is 6.31. The minimum Gasteiger partial charge on any atom is -0.344 e. The van der Waals surface area contributed by atoms with Crippen LogP contribution in [-0.2, 0) is 6.54 Å². The Bertz CT molecular complexity index is 416. The number of halogens is 1. The van der Waals surface area contributed by atoms with E-state index in [1.165, 1.54) is 0 Å². The molecular weight excluding hydrogens is 262 g/mol. The first kappa shape index (κ1) is 16.1. The molecule has 3 N–H and O–H groups in total. The molecule has 0 aliphatic carbocycles. The first-order valence-corrected chi connectivity index (χ1v) is 7.28. The molecule has 1 aromatic rings. The Hall–Kier alpha value is -1.00. The average Bonchev–Trinajstić information content (AvgIpc) is 2.77. The van der Waals surface area contributed by atoms with Gasteiger partial charge in [-0.3, -0.25) is 4.79 Å². The zero-order chi connectivity index (χ0) is 14.5. The van der Waals surface area contributed by atoms with Crippen LogP contribution in [-0.4, -0.2) is 22.6 Å². The van der Waals surface area contributed by atoms with Gasteiger partial charge in [0.25, 0.3) is 5.91 Å². The van der Waals surface area contributed by atoms with E-state index in [1.807, 2.05) is 18.4 Å². The Balaban J connectivity index is 2.94. The van der Waals surface area contributed by atoms with Crippen molar-refractivity contribution in [3.8, 4) is 0 Å². The zero-order valence-corrected chi connectivity index (χ0v) is 12.8. The van der Waals surface area contributed by atoms with Crippen LogP contribution >= 0.6 is 11.6 Å². The number of hydrogen-bond donors (Lipinski definition) is 2. The highest BCUT2D eigenvalue weighted by Gasteiger charge is 2.27. The van der Waals surface area contributed by atoms with Crippen molar-refractivity contribution in [2.75, 3.05) is 6.54 Å². The van der Waals surface area contributed by atoms with Crippen LogP contribution in [0.3, 0.4) is 0 Å². The SMILES string of the molecule is CCCn1cc(Cl)cc1C(=O)NC(CC)(CC)CN. The first-order chi connectivity index (χ1) is 9.01. The van der Waals surface area contributed by atoms with Gasteiger partial charge in [0.1, 0.15) is 5.69 Å². The third-order valence-corrected chi connectivity index (χ3v) is 3.89. The minimum absolute atomic E-state index is 0.102. The van der Waals surface area contributed by atoms with Gasteiger partial charge in [0, 0.05) is 19.3 Å². The molecule has 1 aromatic heterocycles. The molecule has 0 fully saturated rings. The summed E-state index contributed by atoms with van der Waals surface area (Å²) in [6, 6.07) is 1.71. The van der Waals surface area contributed by atoms with E-state index in [1.54, 1.807) is 12.3 Å². The lowest BCUT2D eigenvalue weighted by Gasteiger charge is -2.31. The molecule has 1 heterocycles. The molecule has 0 spiro atoms. The lowest BCUT2D eigenvalue weighted by Crippen LogP contribution is -2.53. The van der Waals surface area contributed by atoms with E-state index < -0.39 is 0 Å². The molecule has 4 nitrogen and oxygen atoms in total. The number of carbonyl (C=O) groups excluding carboxylic acids is 1. The second-order valence-electron chi connectivity index (χ2n) is 4.88. The van der Waals surface area contributed by atoms with Crippen molar-refractivity contribution in [2.24, 2.45) is 5.73 Å². The third-order valence-electron chi connectivity index (χ3n) is 3.68. The zero-order valence-electron chi connectivity index (χ0n) is 12.0. The molecular formula is C14H24ClN3O. The maximum absolute atomic E-state index is 12.4. The van der Waals surface area contributed by atoms with Gasteiger partial charge in [-0.15, -0.1) is 0 Å². The van der Waals surface area contributed by atoms with Crippen molar-refractivity contribution in [3.05, 3.63) is 23.0 Å². The van der Waals surface area contributed by atoms with Crippen LogP contribution in [0, 0.1) is 0 Å². The van der Waals surface area contributed by atoms with Gasteiger partial charge in [0.15, 0.2) is 0 Å². The summed E-state index contributed by atoms with van der Waals surface area (Å²) < 4.78 is 1.89. The van der Waals surface area contributed by atoms with Crippen molar-refractivity contribution in [2.45, 2.75) is 52.1 Å². The largest absolute Gasteiger partial charge is 0.344 e. The second-order valence-corrected chi connectivity index (χ2v) is 5.32. The van der Waals surface area contributed by atoms with Gasteiger partial charge in [-0.05, 0) is 25.3 Å². The van der Waals surface area contributed by atoms with Crippen molar-refractivity contribution in [3.63, 3.8) is 0 Å². The predicted molar refractivity (Wildman–Crippen MR) is 79.6 cm³/mol. The van der Waals surface area contributed by atoms with Gasteiger partial charge >= 0.3 is 0 Å². The number of aryl methyl sites for hydroxylation is 1. The fraction of sp³-hybridized carbons (Fsp3) is 0.643. The van der Waals surface area contributed by atoms with Crippen molar-refractivity contribution in [1.82, 2.24) is 9.88 Å². The first-order valence-electron chi connectivity index (χ1n) is 6.90. The van der Waals surface area contributed by atoms with Gasteiger partial charge in [-0.25, -0.2) is 0 Å². The van der Waals surface area contributed by atoms with Gasteiger partial charge < -0.3 is 15.6 Å². The van der Waals surface area contributed by atoms with Gasteiger partial charge in [-0.2, -0.15) is 0 Å². The Morgan fingerprint density at radius 3 is 2.53 bits per heavy atom.